The average Bonchev–Trinajstić information content (AvgIpc) is 2.41. The van der Waals surface area contributed by atoms with Crippen LogP contribution in [0.4, 0.5) is 0 Å². The molecule has 0 amide bonds. The highest BCUT2D eigenvalue weighted by Crippen LogP contribution is 2.34. The Balaban J connectivity index is 1.85. The Morgan fingerprint density at radius 2 is 1.94 bits per heavy atom. The largest absolute Gasteiger partial charge is 0.298 e. The first-order valence-electron chi connectivity index (χ1n) is 6.97. The number of thioether (sulfide) groups is 1. The minimum atomic E-state index is 0.456. The van der Waals surface area contributed by atoms with Crippen LogP contribution in [-0.4, -0.2) is 35.6 Å². The van der Waals surface area contributed by atoms with E-state index < -0.39 is 0 Å². The smallest absolute Gasteiger partial charge is 0.171 e. The maximum atomic E-state index is 4.75. The molecule has 17 heavy (non-hydrogen) atoms. The summed E-state index contributed by atoms with van der Waals surface area (Å²) in [5, 5.41) is 3.48. The molecule has 1 fully saturated rings. The average molecular weight is 255 g/mol. The molecule has 1 saturated heterocycles. The van der Waals surface area contributed by atoms with Crippen LogP contribution >= 0.6 is 11.8 Å². The van der Waals surface area contributed by atoms with Gasteiger partial charge in [0.2, 0.25) is 0 Å². The summed E-state index contributed by atoms with van der Waals surface area (Å²) in [5.74, 6) is 1.22. The number of amidine groups is 1. The molecule has 2 aliphatic heterocycles. The highest BCUT2D eigenvalue weighted by atomic mass is 32.2. The molecule has 2 heterocycles. The fourth-order valence-corrected chi connectivity index (χ4v) is 3.73. The zero-order valence-corrected chi connectivity index (χ0v) is 12.0. The second kappa shape index (κ2) is 6.10. The van der Waals surface area contributed by atoms with E-state index in [0.717, 1.165) is 11.7 Å². The first kappa shape index (κ1) is 13.2. The van der Waals surface area contributed by atoms with Crippen LogP contribution in [0.1, 0.15) is 46.0 Å². The van der Waals surface area contributed by atoms with Crippen molar-refractivity contribution in [3.8, 4) is 0 Å². The number of nitrogens with one attached hydrogen (secondary N) is 1. The lowest BCUT2D eigenvalue weighted by molar-refractivity contribution is 0.195. The third kappa shape index (κ3) is 3.38. The van der Waals surface area contributed by atoms with E-state index in [2.05, 4.69) is 24.3 Å². The van der Waals surface area contributed by atoms with E-state index in [0.29, 0.717) is 5.41 Å². The van der Waals surface area contributed by atoms with Gasteiger partial charge in [0.15, 0.2) is 5.17 Å². The van der Waals surface area contributed by atoms with Gasteiger partial charge in [0.1, 0.15) is 0 Å². The van der Waals surface area contributed by atoms with Crippen LogP contribution in [0.2, 0.25) is 0 Å². The summed E-state index contributed by atoms with van der Waals surface area (Å²) in [4.78, 5) is 4.75. The Morgan fingerprint density at radius 3 is 2.47 bits per heavy atom. The molecule has 0 aliphatic carbocycles. The zero-order valence-electron chi connectivity index (χ0n) is 11.2. The fourth-order valence-electron chi connectivity index (χ4n) is 2.44. The first-order chi connectivity index (χ1) is 8.28. The van der Waals surface area contributed by atoms with Crippen molar-refractivity contribution in [3.63, 3.8) is 0 Å². The Bertz CT molecular complexity index is 268. The molecule has 3 nitrogen and oxygen atoms in total. The molecular formula is C13H25N3S. The van der Waals surface area contributed by atoms with Gasteiger partial charge in [-0.15, -0.1) is 0 Å². The van der Waals surface area contributed by atoms with Crippen molar-refractivity contribution in [1.82, 2.24) is 10.4 Å². The van der Waals surface area contributed by atoms with E-state index in [4.69, 9.17) is 4.99 Å². The summed E-state index contributed by atoms with van der Waals surface area (Å²) >= 11 is 1.91. The predicted molar refractivity (Wildman–Crippen MR) is 76.3 cm³/mol. The molecule has 1 N–H and O–H groups in total. The lowest BCUT2D eigenvalue weighted by Crippen LogP contribution is -2.46. The van der Waals surface area contributed by atoms with Gasteiger partial charge in [-0.1, -0.05) is 32.0 Å². The Hall–Kier alpha value is -0.220. The van der Waals surface area contributed by atoms with Crippen LogP contribution in [0.25, 0.3) is 0 Å². The minimum absolute atomic E-state index is 0.456. The Kier molecular flexibility index (Phi) is 4.74. The van der Waals surface area contributed by atoms with Gasteiger partial charge < -0.3 is 0 Å². The number of aliphatic imine (C=N–C) groups is 1. The first-order valence-corrected chi connectivity index (χ1v) is 7.95. The van der Waals surface area contributed by atoms with Gasteiger partial charge in [0.25, 0.3) is 0 Å². The standard InChI is InChI=1S/C13H25N3S/c1-3-13(4-2)10-14-12(17-11-13)15-16-8-6-5-7-9-16/h3-11H2,1-2H3,(H,14,15). The zero-order chi connectivity index (χ0) is 12.1. The van der Waals surface area contributed by atoms with Crippen LogP contribution in [0, 0.1) is 5.41 Å². The van der Waals surface area contributed by atoms with Crippen LogP contribution in [0.5, 0.6) is 0 Å². The summed E-state index contributed by atoms with van der Waals surface area (Å²) < 4.78 is 0. The molecule has 2 rings (SSSR count). The van der Waals surface area contributed by atoms with Gasteiger partial charge in [0.05, 0.1) is 0 Å². The van der Waals surface area contributed by atoms with E-state index in [1.165, 1.54) is 50.9 Å². The molecule has 0 radical (unpaired) electrons. The second-order valence-electron chi connectivity index (χ2n) is 5.28. The maximum Gasteiger partial charge on any atom is 0.171 e. The lowest BCUT2D eigenvalue weighted by atomic mass is 9.84. The van der Waals surface area contributed by atoms with Crippen molar-refractivity contribution in [2.24, 2.45) is 10.4 Å². The van der Waals surface area contributed by atoms with Crippen molar-refractivity contribution < 1.29 is 0 Å². The molecule has 0 aromatic carbocycles. The third-order valence-corrected chi connectivity index (χ3v) is 5.43. The summed E-state index contributed by atoms with van der Waals surface area (Å²) in [6.45, 7) is 7.94. The highest BCUT2D eigenvalue weighted by Gasteiger charge is 2.30. The lowest BCUT2D eigenvalue weighted by Gasteiger charge is -2.35. The summed E-state index contributed by atoms with van der Waals surface area (Å²) in [6.07, 6.45) is 6.51. The number of hydrogen-bond acceptors (Lipinski definition) is 4. The topological polar surface area (TPSA) is 27.6 Å². The van der Waals surface area contributed by atoms with Gasteiger partial charge in [-0.2, -0.15) is 0 Å². The number of hydrogen-bond donors (Lipinski definition) is 1. The molecule has 0 atom stereocenters. The van der Waals surface area contributed by atoms with Crippen molar-refractivity contribution >= 4 is 16.9 Å². The molecule has 0 spiro atoms. The molecule has 0 aromatic rings. The third-order valence-electron chi connectivity index (χ3n) is 4.18. The van der Waals surface area contributed by atoms with Crippen LogP contribution in [0.15, 0.2) is 4.99 Å². The monoisotopic (exact) mass is 255 g/mol. The fraction of sp³-hybridized carbons (Fsp3) is 0.923. The van der Waals surface area contributed by atoms with Gasteiger partial charge in [-0.3, -0.25) is 10.4 Å². The Labute approximate surface area is 109 Å². The van der Waals surface area contributed by atoms with Gasteiger partial charge in [-0.05, 0) is 31.1 Å². The van der Waals surface area contributed by atoms with Crippen LogP contribution in [0.3, 0.4) is 0 Å². The maximum absolute atomic E-state index is 4.75. The quantitative estimate of drug-likeness (QED) is 0.840. The van der Waals surface area contributed by atoms with Crippen molar-refractivity contribution in [3.05, 3.63) is 0 Å². The summed E-state index contributed by atoms with van der Waals surface area (Å²) in [7, 11) is 0. The molecule has 4 heteroatoms. The minimum Gasteiger partial charge on any atom is -0.298 e. The second-order valence-corrected chi connectivity index (χ2v) is 6.24. The Morgan fingerprint density at radius 1 is 1.24 bits per heavy atom. The normalized spacial score (nSPS) is 25.4. The highest BCUT2D eigenvalue weighted by molar-refractivity contribution is 8.13. The van der Waals surface area contributed by atoms with E-state index in [-0.39, 0.29) is 0 Å². The number of hydrazine groups is 1. The van der Waals surface area contributed by atoms with E-state index in [9.17, 15) is 0 Å². The van der Waals surface area contributed by atoms with Crippen molar-refractivity contribution in [2.45, 2.75) is 46.0 Å². The number of rotatable bonds is 3. The molecule has 0 bridgehead atoms. The molecule has 0 unspecified atom stereocenters. The van der Waals surface area contributed by atoms with Crippen LogP contribution in [-0.2, 0) is 0 Å². The SMILES string of the molecule is CCC1(CC)CN=C(NN2CCCCC2)SC1. The van der Waals surface area contributed by atoms with Gasteiger partial charge in [-0.25, -0.2) is 5.01 Å². The molecule has 0 aromatic heterocycles. The van der Waals surface area contributed by atoms with Crippen molar-refractivity contribution in [1.29, 1.82) is 0 Å². The summed E-state index contributed by atoms with van der Waals surface area (Å²) in [6, 6.07) is 0. The van der Waals surface area contributed by atoms with Crippen LogP contribution < -0.4 is 5.43 Å². The molecular weight excluding hydrogens is 230 g/mol. The van der Waals surface area contributed by atoms with E-state index in [1.54, 1.807) is 0 Å². The van der Waals surface area contributed by atoms with Crippen molar-refractivity contribution in [2.75, 3.05) is 25.4 Å². The van der Waals surface area contributed by atoms with Gasteiger partial charge in [0, 0.05) is 25.4 Å². The van der Waals surface area contributed by atoms with E-state index >= 15 is 0 Å². The molecule has 98 valence electrons. The van der Waals surface area contributed by atoms with Gasteiger partial charge >= 0.3 is 0 Å². The number of nitrogens with zero attached hydrogens (tertiary/aromatic N) is 2. The van der Waals surface area contributed by atoms with E-state index in [1.807, 2.05) is 11.8 Å². The number of piperidine rings is 1. The predicted octanol–water partition coefficient (Wildman–Crippen LogP) is 2.89. The molecule has 2 aliphatic rings. The molecule has 0 saturated carbocycles. The summed E-state index contributed by atoms with van der Waals surface area (Å²) in [5.41, 5.74) is 3.95.